The van der Waals surface area contributed by atoms with Gasteiger partial charge in [-0.1, -0.05) is 78.9 Å². The summed E-state index contributed by atoms with van der Waals surface area (Å²) < 4.78 is 16.2. The average molecular weight is 603 g/mol. The smallest absolute Gasteiger partial charge is 0.407 e. The van der Waals surface area contributed by atoms with Gasteiger partial charge in [0.05, 0.1) is 25.9 Å². The Bertz CT molecular complexity index is 1310. The monoisotopic (exact) mass is 602 g/mol. The van der Waals surface area contributed by atoms with Crippen LogP contribution in [-0.2, 0) is 25.4 Å². The first-order chi connectivity index (χ1) is 21.3. The van der Waals surface area contributed by atoms with Gasteiger partial charge in [-0.15, -0.1) is 0 Å². The van der Waals surface area contributed by atoms with Gasteiger partial charge in [0.1, 0.15) is 12.6 Å². The van der Waals surface area contributed by atoms with Gasteiger partial charge in [0, 0.05) is 24.2 Å². The van der Waals surface area contributed by atoms with Gasteiger partial charge in [-0.05, 0) is 49.4 Å². The Hall–Kier alpha value is -4.41. The summed E-state index contributed by atoms with van der Waals surface area (Å²) in [6.07, 6.45) is 0.221. The fraction of sp³-hybridized carbons (Fsp3) is 0.382. The minimum atomic E-state index is -0.951. The lowest BCUT2D eigenvalue weighted by atomic mass is 9.84. The van der Waals surface area contributed by atoms with E-state index in [0.717, 1.165) is 23.1 Å². The molecule has 3 aromatic rings. The van der Waals surface area contributed by atoms with E-state index in [0.29, 0.717) is 25.3 Å². The molecule has 0 bridgehead atoms. The number of carbonyl (C=O) groups is 3. The first-order valence-corrected chi connectivity index (χ1v) is 15.0. The number of anilines is 1. The Morgan fingerprint density at radius 2 is 1.52 bits per heavy atom. The van der Waals surface area contributed by atoms with Gasteiger partial charge in [0.25, 0.3) is 0 Å². The summed E-state index contributed by atoms with van der Waals surface area (Å²) in [6.45, 7) is 5.03. The lowest BCUT2D eigenvalue weighted by molar-refractivity contribution is -0.118. The molecule has 0 aromatic heterocycles. The van der Waals surface area contributed by atoms with Gasteiger partial charge in [0.2, 0.25) is 5.91 Å². The van der Waals surface area contributed by atoms with E-state index in [9.17, 15) is 14.4 Å². The number of methoxy groups -OCH3 is 1. The van der Waals surface area contributed by atoms with Gasteiger partial charge >= 0.3 is 12.2 Å². The van der Waals surface area contributed by atoms with E-state index in [2.05, 4.69) is 21.3 Å². The molecule has 1 saturated heterocycles. The SMILES string of the molecule is COC(=O)N[C@H](C(=O)Nc1ccccc1CC[C@@H]1CN[C@H](COC(=O)NC(C)C)CO1)C(c1ccccc1)c1ccccc1. The van der Waals surface area contributed by atoms with Crippen molar-refractivity contribution in [2.75, 3.05) is 32.2 Å². The van der Waals surface area contributed by atoms with Crippen molar-refractivity contribution >= 4 is 23.8 Å². The fourth-order valence-corrected chi connectivity index (χ4v) is 5.19. The van der Waals surface area contributed by atoms with Gasteiger partial charge in [-0.3, -0.25) is 4.79 Å². The largest absolute Gasteiger partial charge is 0.453 e. The number of hydrogen-bond donors (Lipinski definition) is 4. The lowest BCUT2D eigenvalue weighted by Crippen LogP contribution is -2.49. The van der Waals surface area contributed by atoms with Crippen molar-refractivity contribution in [3.05, 3.63) is 102 Å². The highest BCUT2D eigenvalue weighted by Crippen LogP contribution is 2.30. The van der Waals surface area contributed by atoms with Crippen LogP contribution in [0.4, 0.5) is 15.3 Å². The normalized spacial score (nSPS) is 17.0. The molecule has 0 spiro atoms. The number of benzene rings is 3. The van der Waals surface area contributed by atoms with Crippen molar-refractivity contribution < 1.29 is 28.6 Å². The number of amides is 3. The van der Waals surface area contributed by atoms with Crippen molar-refractivity contribution in [3.8, 4) is 0 Å². The van der Waals surface area contributed by atoms with E-state index in [1.807, 2.05) is 98.8 Å². The number of para-hydroxylation sites is 1. The number of rotatable bonds is 12. The zero-order valence-electron chi connectivity index (χ0n) is 25.5. The molecule has 1 aliphatic heterocycles. The number of hydrogen-bond acceptors (Lipinski definition) is 7. The van der Waals surface area contributed by atoms with Crippen LogP contribution in [0.25, 0.3) is 0 Å². The van der Waals surface area contributed by atoms with Gasteiger partial charge in [-0.2, -0.15) is 0 Å². The number of aryl methyl sites for hydroxylation is 1. The van der Waals surface area contributed by atoms with Gasteiger partial charge < -0.3 is 35.5 Å². The van der Waals surface area contributed by atoms with Crippen molar-refractivity contribution in [3.63, 3.8) is 0 Å². The number of nitrogens with one attached hydrogen (secondary N) is 4. The van der Waals surface area contributed by atoms with Crippen LogP contribution in [0.1, 0.15) is 42.9 Å². The summed E-state index contributed by atoms with van der Waals surface area (Å²) in [4.78, 5) is 38.2. The van der Waals surface area contributed by atoms with Crippen LogP contribution >= 0.6 is 0 Å². The summed E-state index contributed by atoms with van der Waals surface area (Å²) in [5.74, 6) is -0.820. The van der Waals surface area contributed by atoms with Gasteiger partial charge in [-0.25, -0.2) is 9.59 Å². The second-order valence-corrected chi connectivity index (χ2v) is 11.1. The van der Waals surface area contributed by atoms with Crippen LogP contribution in [0.5, 0.6) is 0 Å². The molecule has 1 aliphatic rings. The summed E-state index contributed by atoms with van der Waals surface area (Å²) in [7, 11) is 1.28. The molecule has 3 atom stereocenters. The Morgan fingerprint density at radius 1 is 0.886 bits per heavy atom. The van der Waals surface area contributed by atoms with E-state index in [4.69, 9.17) is 14.2 Å². The minimum Gasteiger partial charge on any atom is -0.453 e. The molecule has 234 valence electrons. The first-order valence-electron chi connectivity index (χ1n) is 15.0. The maximum absolute atomic E-state index is 14.0. The highest BCUT2D eigenvalue weighted by Gasteiger charge is 2.33. The van der Waals surface area contributed by atoms with Crippen LogP contribution < -0.4 is 21.3 Å². The van der Waals surface area contributed by atoms with E-state index >= 15 is 0 Å². The van der Waals surface area contributed by atoms with Crippen LogP contribution in [-0.4, -0.2) is 69.2 Å². The minimum absolute atomic E-state index is 0.0132. The van der Waals surface area contributed by atoms with E-state index < -0.39 is 24.1 Å². The standard InChI is InChI=1S/C34H42N4O6/c1-23(2)36-34(41)44-22-27-21-43-28(20-35-27)19-18-24-12-10-11-17-29(24)37-32(39)31(38-33(40)42-3)30(25-13-6-4-7-14-25)26-15-8-5-9-16-26/h4-17,23,27-28,30-31,35H,18-22H2,1-3H3,(H,36,41)(H,37,39)(H,38,40)/t27-,28+,31-/m0/s1. The molecular weight excluding hydrogens is 560 g/mol. The molecule has 0 unspecified atom stereocenters. The third-order valence-electron chi connectivity index (χ3n) is 7.39. The third kappa shape index (κ3) is 9.55. The average Bonchev–Trinajstić information content (AvgIpc) is 3.04. The van der Waals surface area contributed by atoms with E-state index in [1.165, 1.54) is 7.11 Å². The molecule has 1 heterocycles. The summed E-state index contributed by atoms with van der Waals surface area (Å²) >= 11 is 0. The zero-order chi connectivity index (χ0) is 31.3. The number of morpholine rings is 1. The second kappa shape index (κ2) is 16.4. The van der Waals surface area contributed by atoms with Crippen molar-refractivity contribution in [2.45, 2.75) is 56.8 Å². The molecular formula is C34H42N4O6. The molecule has 0 radical (unpaired) electrons. The molecule has 10 nitrogen and oxygen atoms in total. The molecule has 0 aliphatic carbocycles. The Morgan fingerprint density at radius 3 is 2.11 bits per heavy atom. The molecule has 10 heteroatoms. The predicted octanol–water partition coefficient (Wildman–Crippen LogP) is 4.61. The lowest BCUT2D eigenvalue weighted by Gasteiger charge is -2.30. The number of alkyl carbamates (subject to hydrolysis) is 2. The molecule has 4 rings (SSSR count). The van der Waals surface area contributed by atoms with Crippen LogP contribution in [0.15, 0.2) is 84.9 Å². The maximum Gasteiger partial charge on any atom is 0.407 e. The number of ether oxygens (including phenoxy) is 3. The molecule has 3 amide bonds. The molecule has 0 saturated carbocycles. The first kappa shape index (κ1) is 32.5. The Kier molecular flexibility index (Phi) is 12.1. The molecule has 1 fully saturated rings. The Balaban J connectivity index is 1.42. The topological polar surface area (TPSA) is 127 Å². The second-order valence-electron chi connectivity index (χ2n) is 11.1. The quantitative estimate of drug-likeness (QED) is 0.239. The summed E-state index contributed by atoms with van der Waals surface area (Å²) in [5.41, 5.74) is 3.39. The Labute approximate surface area is 258 Å². The van der Waals surface area contributed by atoms with Crippen molar-refractivity contribution in [1.82, 2.24) is 16.0 Å². The highest BCUT2D eigenvalue weighted by atomic mass is 16.6. The highest BCUT2D eigenvalue weighted by molar-refractivity contribution is 5.98. The van der Waals surface area contributed by atoms with Crippen LogP contribution in [0, 0.1) is 0 Å². The summed E-state index contributed by atoms with van der Waals surface area (Å²) in [6, 6.07) is 25.9. The van der Waals surface area contributed by atoms with Crippen molar-refractivity contribution in [1.29, 1.82) is 0 Å². The third-order valence-corrected chi connectivity index (χ3v) is 7.39. The van der Waals surface area contributed by atoms with Gasteiger partial charge in [0.15, 0.2) is 0 Å². The fourth-order valence-electron chi connectivity index (χ4n) is 5.19. The number of carbonyl (C=O) groups excluding carboxylic acids is 3. The molecule has 4 N–H and O–H groups in total. The predicted molar refractivity (Wildman–Crippen MR) is 169 cm³/mol. The zero-order valence-corrected chi connectivity index (χ0v) is 25.5. The van der Waals surface area contributed by atoms with E-state index in [-0.39, 0.29) is 30.7 Å². The molecule has 44 heavy (non-hydrogen) atoms. The summed E-state index contributed by atoms with van der Waals surface area (Å²) in [5, 5.41) is 12.0. The van der Waals surface area contributed by atoms with Crippen molar-refractivity contribution in [2.24, 2.45) is 0 Å². The van der Waals surface area contributed by atoms with Crippen LogP contribution in [0.3, 0.4) is 0 Å². The van der Waals surface area contributed by atoms with E-state index in [1.54, 1.807) is 0 Å². The molecule has 3 aromatic carbocycles. The maximum atomic E-state index is 14.0. The van der Waals surface area contributed by atoms with Crippen LogP contribution in [0.2, 0.25) is 0 Å².